The van der Waals surface area contributed by atoms with Crippen molar-refractivity contribution >= 4 is 11.9 Å². The number of carbonyl (C=O) groups excluding carboxylic acids is 1. The molecule has 0 atom stereocenters. The highest BCUT2D eigenvalue weighted by Crippen LogP contribution is 2.30. The van der Waals surface area contributed by atoms with Crippen molar-refractivity contribution in [2.75, 3.05) is 0 Å². The summed E-state index contributed by atoms with van der Waals surface area (Å²) in [4.78, 5) is 24.2. The van der Waals surface area contributed by atoms with Crippen LogP contribution in [0.2, 0.25) is 0 Å². The standard InChI is InChI=1S/C28H19FN2O4/c29-23-10-12-24(13-11-23)35-26-14-9-22(20-5-1-18(16-30)2-6-20)15-25(26)27(32)31-17-19-3-7-21(8-4-19)28(33)34/h1-15H,17H2,(H,31,32)(H,33,34). The molecule has 0 aliphatic heterocycles. The van der Waals surface area contributed by atoms with Crippen molar-refractivity contribution in [3.63, 3.8) is 0 Å². The molecule has 2 N–H and O–H groups in total. The van der Waals surface area contributed by atoms with Crippen molar-refractivity contribution in [2.45, 2.75) is 6.54 Å². The number of carbonyl (C=O) groups is 2. The number of hydrogen-bond donors (Lipinski definition) is 2. The SMILES string of the molecule is N#Cc1ccc(-c2ccc(Oc3ccc(F)cc3)c(C(=O)NCc3ccc(C(=O)O)cc3)c2)cc1. The minimum Gasteiger partial charge on any atom is -0.478 e. The van der Waals surface area contributed by atoms with Crippen molar-refractivity contribution in [1.82, 2.24) is 5.32 Å². The lowest BCUT2D eigenvalue weighted by atomic mass is 10.0. The summed E-state index contributed by atoms with van der Waals surface area (Å²) in [6.45, 7) is 0.176. The van der Waals surface area contributed by atoms with Gasteiger partial charge in [-0.3, -0.25) is 4.79 Å². The molecule has 0 unspecified atom stereocenters. The lowest BCUT2D eigenvalue weighted by Gasteiger charge is -2.14. The van der Waals surface area contributed by atoms with Crippen LogP contribution in [0, 0.1) is 17.1 Å². The Kier molecular flexibility index (Phi) is 6.84. The molecular weight excluding hydrogens is 447 g/mol. The van der Waals surface area contributed by atoms with Crippen molar-refractivity contribution < 1.29 is 23.8 Å². The van der Waals surface area contributed by atoms with Crippen LogP contribution in [0.25, 0.3) is 11.1 Å². The van der Waals surface area contributed by atoms with E-state index in [1.807, 2.05) is 0 Å². The van der Waals surface area contributed by atoms with E-state index in [9.17, 15) is 14.0 Å². The van der Waals surface area contributed by atoms with E-state index >= 15 is 0 Å². The predicted octanol–water partition coefficient (Wildman–Crippen LogP) is 5.78. The fourth-order valence-corrected chi connectivity index (χ4v) is 3.39. The number of nitriles is 1. The van der Waals surface area contributed by atoms with Gasteiger partial charge in [-0.05, 0) is 77.4 Å². The fraction of sp³-hybridized carbons (Fsp3) is 0.0357. The molecule has 0 heterocycles. The number of aromatic carboxylic acids is 1. The molecule has 0 radical (unpaired) electrons. The summed E-state index contributed by atoms with van der Waals surface area (Å²) in [5, 5.41) is 20.9. The molecule has 35 heavy (non-hydrogen) atoms. The molecule has 0 fully saturated rings. The summed E-state index contributed by atoms with van der Waals surface area (Å²) >= 11 is 0. The normalized spacial score (nSPS) is 10.3. The first-order valence-electron chi connectivity index (χ1n) is 10.6. The number of carboxylic acids is 1. The molecule has 1 amide bonds. The lowest BCUT2D eigenvalue weighted by Crippen LogP contribution is -2.23. The Bertz CT molecular complexity index is 1410. The molecule has 0 aliphatic carbocycles. The molecule has 6 nitrogen and oxygen atoms in total. The molecule has 0 saturated carbocycles. The maximum atomic E-state index is 13.3. The van der Waals surface area contributed by atoms with Gasteiger partial charge < -0.3 is 15.2 Å². The van der Waals surface area contributed by atoms with Crippen LogP contribution in [-0.4, -0.2) is 17.0 Å². The average molecular weight is 466 g/mol. The van der Waals surface area contributed by atoms with Crippen molar-refractivity contribution in [3.05, 3.63) is 119 Å². The number of nitrogens with zero attached hydrogens (tertiary/aromatic N) is 1. The third-order valence-electron chi connectivity index (χ3n) is 5.27. The van der Waals surface area contributed by atoms with Crippen LogP contribution in [0.1, 0.15) is 31.8 Å². The summed E-state index contributed by atoms with van der Waals surface area (Å²) in [6.07, 6.45) is 0. The highest BCUT2D eigenvalue weighted by atomic mass is 19.1. The molecular formula is C28H19FN2O4. The van der Waals surface area contributed by atoms with E-state index in [1.165, 1.54) is 36.4 Å². The monoisotopic (exact) mass is 466 g/mol. The van der Waals surface area contributed by atoms with Crippen molar-refractivity contribution in [2.24, 2.45) is 0 Å². The van der Waals surface area contributed by atoms with Gasteiger partial charge in [0.15, 0.2) is 0 Å². The number of rotatable bonds is 7. The maximum Gasteiger partial charge on any atom is 0.335 e. The second kappa shape index (κ2) is 10.3. The number of hydrogen-bond acceptors (Lipinski definition) is 4. The zero-order chi connectivity index (χ0) is 24.8. The Labute approximate surface area is 200 Å². The first kappa shape index (κ1) is 23.2. The Hall–Kier alpha value is -4.96. The summed E-state index contributed by atoms with van der Waals surface area (Å²) in [6, 6.07) is 25.9. The van der Waals surface area contributed by atoms with Crippen molar-refractivity contribution in [1.29, 1.82) is 5.26 Å². The first-order valence-corrected chi connectivity index (χ1v) is 10.6. The van der Waals surface area contributed by atoms with Crippen LogP contribution in [0.15, 0.2) is 91.0 Å². The van der Waals surface area contributed by atoms with E-state index in [-0.39, 0.29) is 23.4 Å². The highest BCUT2D eigenvalue weighted by Gasteiger charge is 2.16. The quantitative estimate of drug-likeness (QED) is 0.359. The van der Waals surface area contributed by atoms with E-state index in [2.05, 4.69) is 11.4 Å². The molecule has 0 aliphatic rings. The minimum absolute atomic E-state index is 0.158. The Morgan fingerprint density at radius 1 is 0.886 bits per heavy atom. The van der Waals surface area contributed by atoms with Gasteiger partial charge in [0.2, 0.25) is 0 Å². The summed E-state index contributed by atoms with van der Waals surface area (Å²) in [5.74, 6) is -1.17. The number of halogens is 1. The van der Waals surface area contributed by atoms with Gasteiger partial charge in [-0.25, -0.2) is 9.18 Å². The minimum atomic E-state index is -1.03. The lowest BCUT2D eigenvalue weighted by molar-refractivity contribution is 0.0696. The summed E-state index contributed by atoms with van der Waals surface area (Å²) in [5.41, 5.74) is 3.24. The highest BCUT2D eigenvalue weighted by molar-refractivity contribution is 5.98. The number of ether oxygens (including phenoxy) is 1. The molecule has 7 heteroatoms. The van der Waals surface area contributed by atoms with E-state index < -0.39 is 17.7 Å². The van der Waals surface area contributed by atoms with Gasteiger partial charge in [0.25, 0.3) is 5.91 Å². The smallest absolute Gasteiger partial charge is 0.335 e. The molecule has 172 valence electrons. The number of carboxylic acid groups (broad SMARTS) is 1. The second-order valence-electron chi connectivity index (χ2n) is 7.64. The number of nitrogens with one attached hydrogen (secondary N) is 1. The van der Waals surface area contributed by atoms with Crippen LogP contribution in [0.4, 0.5) is 4.39 Å². The topological polar surface area (TPSA) is 99.4 Å². The molecule has 0 saturated heterocycles. The zero-order valence-electron chi connectivity index (χ0n) is 18.4. The molecule has 0 bridgehead atoms. The van der Waals surface area contributed by atoms with Crippen LogP contribution < -0.4 is 10.1 Å². The fourth-order valence-electron chi connectivity index (χ4n) is 3.39. The third-order valence-corrected chi connectivity index (χ3v) is 5.27. The molecule has 4 rings (SSSR count). The number of amides is 1. The summed E-state index contributed by atoms with van der Waals surface area (Å²) in [7, 11) is 0. The van der Waals surface area contributed by atoms with Gasteiger partial charge in [0.1, 0.15) is 17.3 Å². The van der Waals surface area contributed by atoms with E-state index in [4.69, 9.17) is 15.1 Å². The Balaban J connectivity index is 1.62. The third kappa shape index (κ3) is 5.70. The Morgan fingerprint density at radius 3 is 2.17 bits per heavy atom. The van der Waals surface area contributed by atoms with Gasteiger partial charge in [-0.1, -0.05) is 30.3 Å². The molecule has 0 spiro atoms. The van der Waals surface area contributed by atoms with Crippen LogP contribution in [-0.2, 0) is 6.54 Å². The predicted molar refractivity (Wildman–Crippen MR) is 128 cm³/mol. The molecule has 0 aromatic heterocycles. The van der Waals surface area contributed by atoms with Crippen molar-refractivity contribution in [3.8, 4) is 28.7 Å². The Morgan fingerprint density at radius 2 is 1.54 bits per heavy atom. The van der Waals surface area contributed by atoms with Gasteiger partial charge in [-0.15, -0.1) is 0 Å². The van der Waals surface area contributed by atoms with E-state index in [0.29, 0.717) is 11.3 Å². The molecule has 4 aromatic carbocycles. The molecule has 4 aromatic rings. The van der Waals surface area contributed by atoms with Gasteiger partial charge in [-0.2, -0.15) is 5.26 Å². The number of benzene rings is 4. The van der Waals surface area contributed by atoms with Gasteiger partial charge in [0.05, 0.1) is 22.8 Å². The average Bonchev–Trinajstić information content (AvgIpc) is 2.89. The van der Waals surface area contributed by atoms with E-state index in [1.54, 1.807) is 54.6 Å². The first-order chi connectivity index (χ1) is 16.9. The zero-order valence-corrected chi connectivity index (χ0v) is 18.4. The largest absolute Gasteiger partial charge is 0.478 e. The van der Waals surface area contributed by atoms with Crippen LogP contribution in [0.5, 0.6) is 11.5 Å². The maximum absolute atomic E-state index is 13.3. The summed E-state index contributed by atoms with van der Waals surface area (Å²) < 4.78 is 19.2. The van der Waals surface area contributed by atoms with Gasteiger partial charge >= 0.3 is 5.97 Å². The van der Waals surface area contributed by atoms with Gasteiger partial charge in [0, 0.05) is 6.54 Å². The van der Waals surface area contributed by atoms with E-state index in [0.717, 1.165) is 16.7 Å². The second-order valence-corrected chi connectivity index (χ2v) is 7.64. The van der Waals surface area contributed by atoms with Crippen LogP contribution in [0.3, 0.4) is 0 Å². The van der Waals surface area contributed by atoms with Crippen LogP contribution >= 0.6 is 0 Å².